The van der Waals surface area contributed by atoms with E-state index >= 15 is 0 Å². The van der Waals surface area contributed by atoms with Gasteiger partial charge in [-0.25, -0.2) is 0 Å². The number of amides is 1. The molecule has 3 N–H and O–H groups in total. The molecule has 0 spiro atoms. The smallest absolute Gasteiger partial charge is 0.237 e. The molecule has 0 aromatic heterocycles. The number of benzene rings is 1. The minimum absolute atomic E-state index is 0.0101. The van der Waals surface area contributed by atoms with Crippen LogP contribution in [0.4, 0.5) is 5.69 Å². The highest BCUT2D eigenvalue weighted by Gasteiger charge is 2.14. The Morgan fingerprint density at radius 2 is 2.06 bits per heavy atom. The zero-order valence-corrected chi connectivity index (χ0v) is 11.8. The Morgan fingerprint density at radius 1 is 1.44 bits per heavy atom. The third-order valence-corrected chi connectivity index (χ3v) is 4.36. The van der Waals surface area contributed by atoms with Crippen molar-refractivity contribution in [2.45, 2.75) is 18.6 Å². The van der Waals surface area contributed by atoms with Crippen LogP contribution < -0.4 is 11.1 Å². The predicted molar refractivity (Wildman–Crippen MR) is 76.2 cm³/mol. The lowest BCUT2D eigenvalue weighted by molar-refractivity contribution is -0.113. The minimum atomic E-state index is -1.19. The number of carbonyl (C=O) groups is 1. The minimum Gasteiger partial charge on any atom is -0.330 e. The highest BCUT2D eigenvalue weighted by molar-refractivity contribution is 7.86. The molecule has 1 aromatic rings. The Hall–Kier alpha value is -0.910. The second-order valence-corrected chi connectivity index (χ2v) is 6.26. The fourth-order valence-corrected chi connectivity index (χ4v) is 2.51. The molecular weight excluding hydrogens is 272 g/mol. The van der Waals surface area contributed by atoms with Crippen LogP contribution >= 0.6 is 11.6 Å². The Labute approximate surface area is 114 Å². The van der Waals surface area contributed by atoms with Crippen LogP contribution in [0.25, 0.3) is 0 Å². The quantitative estimate of drug-likeness (QED) is 0.838. The van der Waals surface area contributed by atoms with Gasteiger partial charge in [0.1, 0.15) is 5.75 Å². The van der Waals surface area contributed by atoms with Gasteiger partial charge < -0.3 is 11.1 Å². The molecule has 0 saturated carbocycles. The molecule has 18 heavy (non-hydrogen) atoms. The van der Waals surface area contributed by atoms with E-state index in [2.05, 4.69) is 5.32 Å². The van der Waals surface area contributed by atoms with Gasteiger partial charge in [0.2, 0.25) is 5.91 Å². The summed E-state index contributed by atoms with van der Waals surface area (Å²) in [5.74, 6) is -0.274. The first kappa shape index (κ1) is 15.1. The molecule has 1 rings (SSSR count). The third kappa shape index (κ3) is 5.16. The summed E-state index contributed by atoms with van der Waals surface area (Å²) in [5, 5.41) is 3.22. The lowest BCUT2D eigenvalue weighted by Crippen LogP contribution is -2.26. The maximum Gasteiger partial charge on any atom is 0.237 e. The van der Waals surface area contributed by atoms with E-state index in [1.807, 2.05) is 6.92 Å². The fourth-order valence-electron chi connectivity index (χ4n) is 1.37. The van der Waals surface area contributed by atoms with Crippen molar-refractivity contribution in [3.63, 3.8) is 0 Å². The van der Waals surface area contributed by atoms with E-state index in [1.165, 1.54) is 0 Å². The number of carbonyl (C=O) groups excluding carboxylic acids is 1. The molecule has 1 amide bonds. The Morgan fingerprint density at radius 3 is 2.61 bits per heavy atom. The first-order valence-electron chi connectivity index (χ1n) is 5.65. The molecule has 4 nitrogen and oxygen atoms in total. The van der Waals surface area contributed by atoms with Gasteiger partial charge >= 0.3 is 0 Å². The molecule has 0 saturated heterocycles. The summed E-state index contributed by atoms with van der Waals surface area (Å²) in [6.45, 7) is 2.31. The number of hydrogen-bond donors (Lipinski definition) is 2. The first-order valence-corrected chi connectivity index (χ1v) is 7.41. The summed E-state index contributed by atoms with van der Waals surface area (Å²) in [5.41, 5.74) is 6.03. The predicted octanol–water partition coefficient (Wildman–Crippen LogP) is 1.76. The second kappa shape index (κ2) is 7.51. The van der Waals surface area contributed by atoms with Crippen molar-refractivity contribution in [1.29, 1.82) is 0 Å². The Kier molecular flexibility index (Phi) is 6.32. The average molecular weight is 289 g/mol. The Bertz CT molecular complexity index is 423. The average Bonchev–Trinajstić information content (AvgIpc) is 2.32. The van der Waals surface area contributed by atoms with E-state index in [0.717, 1.165) is 0 Å². The number of hydrogen-bond acceptors (Lipinski definition) is 3. The van der Waals surface area contributed by atoms with E-state index in [9.17, 15) is 9.00 Å². The van der Waals surface area contributed by atoms with Crippen molar-refractivity contribution in [3.8, 4) is 0 Å². The molecular formula is C12H17ClN2O2S. The van der Waals surface area contributed by atoms with Gasteiger partial charge in [-0.15, -0.1) is 0 Å². The molecule has 0 aliphatic rings. The van der Waals surface area contributed by atoms with Gasteiger partial charge in [0, 0.05) is 26.8 Å². The molecule has 0 fully saturated rings. The third-order valence-electron chi connectivity index (χ3n) is 2.42. The largest absolute Gasteiger partial charge is 0.330 e. The van der Waals surface area contributed by atoms with Crippen LogP contribution in [0.3, 0.4) is 0 Å². The molecule has 2 atom stereocenters. The van der Waals surface area contributed by atoms with Crippen molar-refractivity contribution in [2.24, 2.45) is 5.73 Å². The SMILES string of the molecule is CC(CCN)S(=O)CC(=O)Nc1ccc(Cl)cc1. The number of halogens is 1. The summed E-state index contributed by atoms with van der Waals surface area (Å²) in [6.07, 6.45) is 0.654. The summed E-state index contributed by atoms with van der Waals surface area (Å²) >= 11 is 5.74. The van der Waals surface area contributed by atoms with Gasteiger partial charge in [-0.3, -0.25) is 9.00 Å². The lowest BCUT2D eigenvalue weighted by Gasteiger charge is -2.10. The summed E-state index contributed by atoms with van der Waals surface area (Å²) in [4.78, 5) is 11.6. The number of nitrogens with one attached hydrogen (secondary N) is 1. The first-order chi connectivity index (χ1) is 8.52. The van der Waals surface area contributed by atoms with Gasteiger partial charge in [-0.1, -0.05) is 18.5 Å². The van der Waals surface area contributed by atoms with Crippen molar-refractivity contribution in [2.75, 3.05) is 17.6 Å². The summed E-state index contributed by atoms with van der Waals surface area (Å²) in [7, 11) is -1.19. The maximum atomic E-state index is 11.8. The fraction of sp³-hybridized carbons (Fsp3) is 0.417. The van der Waals surface area contributed by atoms with Crippen LogP contribution in [0.15, 0.2) is 24.3 Å². The molecule has 6 heteroatoms. The second-order valence-electron chi connectivity index (χ2n) is 3.97. The zero-order chi connectivity index (χ0) is 13.5. The number of nitrogens with two attached hydrogens (primary N) is 1. The summed E-state index contributed by atoms with van der Waals surface area (Å²) < 4.78 is 11.8. The van der Waals surface area contributed by atoms with Crippen LogP contribution in [-0.2, 0) is 15.6 Å². The van der Waals surface area contributed by atoms with Crippen LogP contribution in [0.5, 0.6) is 0 Å². The van der Waals surface area contributed by atoms with Gasteiger partial charge in [0.05, 0.1) is 0 Å². The molecule has 0 heterocycles. The number of rotatable bonds is 6. The molecule has 0 bridgehead atoms. The molecule has 0 aliphatic carbocycles. The van der Waals surface area contributed by atoms with E-state index in [1.54, 1.807) is 24.3 Å². The van der Waals surface area contributed by atoms with Crippen molar-refractivity contribution >= 4 is 34.0 Å². The summed E-state index contributed by atoms with van der Waals surface area (Å²) in [6, 6.07) is 6.77. The van der Waals surface area contributed by atoms with Crippen LogP contribution in [-0.4, -0.2) is 27.7 Å². The van der Waals surface area contributed by atoms with Gasteiger partial charge in [-0.05, 0) is 37.2 Å². The normalized spacial score (nSPS) is 13.9. The van der Waals surface area contributed by atoms with Gasteiger partial charge in [0.25, 0.3) is 0 Å². The van der Waals surface area contributed by atoms with Crippen molar-refractivity contribution in [1.82, 2.24) is 0 Å². The van der Waals surface area contributed by atoms with E-state index in [-0.39, 0.29) is 16.9 Å². The van der Waals surface area contributed by atoms with Gasteiger partial charge in [-0.2, -0.15) is 0 Å². The number of anilines is 1. The van der Waals surface area contributed by atoms with E-state index in [0.29, 0.717) is 23.7 Å². The van der Waals surface area contributed by atoms with Crippen LogP contribution in [0, 0.1) is 0 Å². The zero-order valence-electron chi connectivity index (χ0n) is 10.2. The molecule has 100 valence electrons. The highest BCUT2D eigenvalue weighted by atomic mass is 35.5. The van der Waals surface area contributed by atoms with Crippen molar-refractivity contribution < 1.29 is 9.00 Å². The molecule has 2 unspecified atom stereocenters. The van der Waals surface area contributed by atoms with Crippen molar-refractivity contribution in [3.05, 3.63) is 29.3 Å². The van der Waals surface area contributed by atoms with Gasteiger partial charge in [0.15, 0.2) is 0 Å². The van der Waals surface area contributed by atoms with Crippen LogP contribution in [0.2, 0.25) is 5.02 Å². The monoisotopic (exact) mass is 288 g/mol. The Balaban J connectivity index is 2.46. The van der Waals surface area contributed by atoms with Crippen LogP contribution in [0.1, 0.15) is 13.3 Å². The standard InChI is InChI=1S/C12H17ClN2O2S/c1-9(6-7-14)18(17)8-12(16)15-11-4-2-10(13)3-5-11/h2-5,9H,6-8,14H2,1H3,(H,15,16). The lowest BCUT2D eigenvalue weighted by atomic mass is 10.3. The maximum absolute atomic E-state index is 11.8. The topological polar surface area (TPSA) is 72.2 Å². The van der Waals surface area contributed by atoms with E-state index in [4.69, 9.17) is 17.3 Å². The van der Waals surface area contributed by atoms with E-state index < -0.39 is 10.8 Å². The molecule has 1 aromatic carbocycles. The highest BCUT2D eigenvalue weighted by Crippen LogP contribution is 2.13. The molecule has 0 aliphatic heterocycles. The molecule has 0 radical (unpaired) electrons.